The van der Waals surface area contributed by atoms with Crippen LogP contribution in [0, 0.1) is 0 Å². The maximum Gasteiger partial charge on any atom is 0.274 e. The number of nitrogens with zero attached hydrogens (tertiary/aromatic N) is 1. The molecule has 0 unspecified atom stereocenters. The van der Waals surface area contributed by atoms with Gasteiger partial charge in [-0.15, -0.1) is 0 Å². The monoisotopic (exact) mass is 215 g/mol. The molecule has 3 rings (SSSR count). The van der Waals surface area contributed by atoms with E-state index >= 15 is 0 Å². The molecule has 2 heterocycles. The summed E-state index contributed by atoms with van der Waals surface area (Å²) in [6, 6.07) is 10.5. The van der Waals surface area contributed by atoms with Crippen molar-refractivity contribution in [1.29, 1.82) is 0 Å². The Balaban J connectivity index is 2.27. The average molecular weight is 215 g/mol. The summed E-state index contributed by atoms with van der Waals surface area (Å²) in [5, 5.41) is 4.67. The standard InChI is InChI=1S/C13H14N2O/c1-16-11-5-3-10-4-6-13-14-7-2-8-15(13)12(10)9-11/h3-6,9H,2,7-8H2,1H3/p+1. The molecule has 3 heteroatoms. The van der Waals surface area contributed by atoms with Crippen molar-refractivity contribution in [3.8, 4) is 5.75 Å². The SMILES string of the molecule is COc1ccc2ccc3[n+](c2c1)CCCN3. The molecule has 0 bridgehead atoms. The van der Waals surface area contributed by atoms with Crippen molar-refractivity contribution in [3.05, 3.63) is 30.3 Å². The zero-order valence-electron chi connectivity index (χ0n) is 9.36. The van der Waals surface area contributed by atoms with Crippen LogP contribution in [0.4, 0.5) is 5.82 Å². The van der Waals surface area contributed by atoms with E-state index in [0.29, 0.717) is 0 Å². The van der Waals surface area contributed by atoms with Gasteiger partial charge in [0.25, 0.3) is 5.82 Å². The normalized spacial score (nSPS) is 14.3. The van der Waals surface area contributed by atoms with Crippen molar-refractivity contribution in [2.75, 3.05) is 19.0 Å². The zero-order chi connectivity index (χ0) is 11.0. The summed E-state index contributed by atoms with van der Waals surface area (Å²) in [6.45, 7) is 2.14. The number of nitrogens with one attached hydrogen (secondary N) is 1. The molecule has 0 saturated carbocycles. The molecule has 1 aromatic carbocycles. The highest BCUT2D eigenvalue weighted by Crippen LogP contribution is 2.20. The molecule has 82 valence electrons. The Morgan fingerprint density at radius 2 is 2.12 bits per heavy atom. The second kappa shape index (κ2) is 3.67. The second-order valence-corrected chi connectivity index (χ2v) is 4.08. The van der Waals surface area contributed by atoms with E-state index in [1.54, 1.807) is 7.11 Å². The van der Waals surface area contributed by atoms with Crippen molar-refractivity contribution in [2.24, 2.45) is 0 Å². The Morgan fingerprint density at radius 3 is 3.00 bits per heavy atom. The van der Waals surface area contributed by atoms with Gasteiger partial charge in [-0.3, -0.25) is 5.32 Å². The van der Waals surface area contributed by atoms with E-state index in [1.165, 1.54) is 23.1 Å². The molecule has 1 aliphatic rings. The van der Waals surface area contributed by atoms with Crippen molar-refractivity contribution in [1.82, 2.24) is 0 Å². The van der Waals surface area contributed by atoms with Gasteiger partial charge in [0.15, 0.2) is 0 Å². The molecule has 2 aromatic rings. The number of fused-ring (bicyclic) bond motifs is 3. The first-order valence-corrected chi connectivity index (χ1v) is 5.63. The van der Waals surface area contributed by atoms with Crippen LogP contribution in [-0.4, -0.2) is 13.7 Å². The topological polar surface area (TPSA) is 25.1 Å². The molecule has 0 amide bonds. The molecule has 16 heavy (non-hydrogen) atoms. The van der Waals surface area contributed by atoms with Gasteiger partial charge < -0.3 is 4.74 Å². The molecular weight excluding hydrogens is 200 g/mol. The zero-order valence-corrected chi connectivity index (χ0v) is 9.36. The number of hydrogen-bond donors (Lipinski definition) is 1. The molecule has 0 aliphatic carbocycles. The third kappa shape index (κ3) is 1.40. The highest BCUT2D eigenvalue weighted by molar-refractivity contribution is 5.78. The minimum atomic E-state index is 0.916. The smallest absolute Gasteiger partial charge is 0.274 e. The number of anilines is 1. The molecule has 1 N–H and O–H groups in total. The highest BCUT2D eigenvalue weighted by atomic mass is 16.5. The van der Waals surface area contributed by atoms with Gasteiger partial charge in [0.05, 0.1) is 20.2 Å². The van der Waals surface area contributed by atoms with Crippen LogP contribution in [0.5, 0.6) is 5.75 Å². The minimum absolute atomic E-state index is 0.916. The van der Waals surface area contributed by atoms with Crippen molar-refractivity contribution < 1.29 is 9.30 Å². The lowest BCUT2D eigenvalue weighted by Gasteiger charge is -2.15. The third-order valence-corrected chi connectivity index (χ3v) is 3.10. The number of aryl methyl sites for hydroxylation is 1. The molecule has 0 saturated heterocycles. The van der Waals surface area contributed by atoms with Crippen LogP contribution in [0.2, 0.25) is 0 Å². The maximum atomic E-state index is 5.28. The van der Waals surface area contributed by atoms with Crippen LogP contribution >= 0.6 is 0 Å². The maximum absolute atomic E-state index is 5.28. The van der Waals surface area contributed by atoms with E-state index in [-0.39, 0.29) is 0 Å². The van der Waals surface area contributed by atoms with Crippen LogP contribution < -0.4 is 14.6 Å². The van der Waals surface area contributed by atoms with E-state index in [4.69, 9.17) is 4.74 Å². The predicted molar refractivity (Wildman–Crippen MR) is 63.8 cm³/mol. The predicted octanol–water partition coefficient (Wildman–Crippen LogP) is 1.95. The summed E-state index contributed by atoms with van der Waals surface area (Å²) in [4.78, 5) is 0. The van der Waals surface area contributed by atoms with Gasteiger partial charge in [-0.25, -0.2) is 4.57 Å². The largest absolute Gasteiger partial charge is 0.497 e. The molecule has 0 spiro atoms. The molecule has 3 nitrogen and oxygen atoms in total. The van der Waals surface area contributed by atoms with E-state index in [1.807, 2.05) is 6.07 Å². The number of methoxy groups -OCH3 is 1. The average Bonchev–Trinajstić information content (AvgIpc) is 2.38. The van der Waals surface area contributed by atoms with E-state index in [0.717, 1.165) is 18.8 Å². The van der Waals surface area contributed by atoms with Gasteiger partial charge in [0, 0.05) is 23.9 Å². The minimum Gasteiger partial charge on any atom is -0.497 e. The van der Waals surface area contributed by atoms with Gasteiger partial charge in [-0.05, 0) is 18.2 Å². The number of pyridine rings is 1. The van der Waals surface area contributed by atoms with Gasteiger partial charge >= 0.3 is 0 Å². The fourth-order valence-corrected chi connectivity index (χ4v) is 2.26. The fourth-order valence-electron chi connectivity index (χ4n) is 2.26. The summed E-state index contributed by atoms with van der Waals surface area (Å²) in [6.07, 6.45) is 1.17. The summed E-state index contributed by atoms with van der Waals surface area (Å²) >= 11 is 0. The highest BCUT2D eigenvalue weighted by Gasteiger charge is 2.17. The molecular formula is C13H15N2O+. The first-order valence-electron chi connectivity index (χ1n) is 5.63. The van der Waals surface area contributed by atoms with Crippen LogP contribution in [0.15, 0.2) is 30.3 Å². The lowest BCUT2D eigenvalue weighted by molar-refractivity contribution is -0.660. The Labute approximate surface area is 94.7 Å². The Morgan fingerprint density at radius 1 is 1.25 bits per heavy atom. The lowest BCUT2D eigenvalue weighted by Crippen LogP contribution is -2.42. The molecule has 1 aromatic heterocycles. The van der Waals surface area contributed by atoms with Gasteiger partial charge in [0.1, 0.15) is 11.3 Å². The first kappa shape index (κ1) is 9.46. The molecule has 0 fully saturated rings. The van der Waals surface area contributed by atoms with Gasteiger partial charge in [0.2, 0.25) is 0 Å². The molecule has 0 radical (unpaired) electrons. The second-order valence-electron chi connectivity index (χ2n) is 4.08. The molecule has 0 atom stereocenters. The summed E-state index contributed by atoms with van der Waals surface area (Å²) in [5.74, 6) is 2.12. The number of aromatic nitrogens is 1. The van der Waals surface area contributed by atoms with Gasteiger partial charge in [-0.1, -0.05) is 0 Å². The van der Waals surface area contributed by atoms with Crippen LogP contribution in [0.1, 0.15) is 6.42 Å². The number of hydrogen-bond acceptors (Lipinski definition) is 2. The van der Waals surface area contributed by atoms with E-state index < -0.39 is 0 Å². The molecule has 1 aliphatic heterocycles. The fraction of sp³-hybridized carbons (Fsp3) is 0.308. The van der Waals surface area contributed by atoms with Crippen LogP contribution in [0.3, 0.4) is 0 Å². The van der Waals surface area contributed by atoms with E-state index in [2.05, 4.69) is 34.1 Å². The van der Waals surface area contributed by atoms with Crippen molar-refractivity contribution in [3.63, 3.8) is 0 Å². The number of ether oxygens (including phenoxy) is 1. The van der Waals surface area contributed by atoms with Crippen LogP contribution in [-0.2, 0) is 6.54 Å². The Kier molecular flexibility index (Phi) is 2.17. The summed E-state index contributed by atoms with van der Waals surface area (Å²) < 4.78 is 7.60. The number of benzene rings is 1. The van der Waals surface area contributed by atoms with Crippen LogP contribution in [0.25, 0.3) is 10.9 Å². The van der Waals surface area contributed by atoms with E-state index in [9.17, 15) is 0 Å². The summed E-state index contributed by atoms with van der Waals surface area (Å²) in [5.41, 5.74) is 1.24. The number of rotatable bonds is 1. The third-order valence-electron chi connectivity index (χ3n) is 3.10. The van der Waals surface area contributed by atoms with Crippen molar-refractivity contribution >= 4 is 16.7 Å². The lowest BCUT2D eigenvalue weighted by atomic mass is 10.1. The first-order chi connectivity index (χ1) is 7.88. The Bertz CT molecular complexity index is 531. The quantitative estimate of drug-likeness (QED) is 0.735. The summed E-state index contributed by atoms with van der Waals surface area (Å²) in [7, 11) is 1.71. The van der Waals surface area contributed by atoms with Crippen molar-refractivity contribution in [2.45, 2.75) is 13.0 Å². The Hall–Kier alpha value is -1.77. The van der Waals surface area contributed by atoms with Gasteiger partial charge in [-0.2, -0.15) is 0 Å².